The van der Waals surface area contributed by atoms with Crippen LogP contribution in [-0.2, 0) is 11.3 Å². The number of rotatable bonds is 5. The van der Waals surface area contributed by atoms with Crippen LogP contribution in [0.5, 0.6) is 5.75 Å². The smallest absolute Gasteiger partial charge is 0.224 e. The molecule has 1 spiro atoms. The van der Waals surface area contributed by atoms with Gasteiger partial charge in [0, 0.05) is 11.5 Å². The summed E-state index contributed by atoms with van der Waals surface area (Å²) in [7, 11) is 1.64. The Kier molecular flexibility index (Phi) is 4.17. The van der Waals surface area contributed by atoms with Crippen LogP contribution in [0, 0.1) is 11.3 Å². The highest BCUT2D eigenvalue weighted by molar-refractivity contribution is 5.82. The second-order valence-electron chi connectivity index (χ2n) is 6.92. The van der Waals surface area contributed by atoms with Crippen molar-refractivity contribution in [1.82, 2.24) is 25.8 Å². The number of methoxy groups -OCH3 is 1. The number of benzene rings is 1. The SMILES string of the molecule is COc1ccc(-c2n[nH]c(CNC(=O)C3CC34CCNCC4)n2)cc1. The second-order valence-corrected chi connectivity index (χ2v) is 6.92. The Labute approximate surface area is 146 Å². The van der Waals surface area contributed by atoms with Gasteiger partial charge in [0.1, 0.15) is 11.6 Å². The van der Waals surface area contributed by atoms with Crippen LogP contribution in [0.1, 0.15) is 25.1 Å². The first-order valence-electron chi connectivity index (χ1n) is 8.74. The van der Waals surface area contributed by atoms with E-state index >= 15 is 0 Å². The monoisotopic (exact) mass is 341 g/mol. The molecular formula is C18H23N5O2. The first-order chi connectivity index (χ1) is 12.2. The Morgan fingerprint density at radius 2 is 2.08 bits per heavy atom. The van der Waals surface area contributed by atoms with E-state index in [0.29, 0.717) is 18.2 Å². The summed E-state index contributed by atoms with van der Waals surface area (Å²) < 4.78 is 5.15. The van der Waals surface area contributed by atoms with Crippen LogP contribution >= 0.6 is 0 Å². The Balaban J connectivity index is 1.33. The highest BCUT2D eigenvalue weighted by Crippen LogP contribution is 2.58. The Hall–Kier alpha value is -2.41. The summed E-state index contributed by atoms with van der Waals surface area (Å²) in [6.07, 6.45) is 3.23. The van der Waals surface area contributed by atoms with Crippen molar-refractivity contribution in [3.05, 3.63) is 30.1 Å². The van der Waals surface area contributed by atoms with Gasteiger partial charge >= 0.3 is 0 Å². The molecule has 2 aliphatic rings. The average molecular weight is 341 g/mol. The molecule has 1 atom stereocenters. The largest absolute Gasteiger partial charge is 0.497 e. The van der Waals surface area contributed by atoms with Gasteiger partial charge in [-0.2, -0.15) is 5.10 Å². The lowest BCUT2D eigenvalue weighted by Crippen LogP contribution is -2.33. The molecule has 4 rings (SSSR count). The highest BCUT2D eigenvalue weighted by atomic mass is 16.5. The normalized spacial score (nSPS) is 21.1. The first-order valence-corrected chi connectivity index (χ1v) is 8.74. The maximum Gasteiger partial charge on any atom is 0.224 e. The summed E-state index contributed by atoms with van der Waals surface area (Å²) in [5.41, 5.74) is 1.16. The van der Waals surface area contributed by atoms with Gasteiger partial charge in [0.2, 0.25) is 5.91 Å². The van der Waals surface area contributed by atoms with Crippen molar-refractivity contribution in [1.29, 1.82) is 0 Å². The molecule has 1 amide bonds. The van der Waals surface area contributed by atoms with Crippen LogP contribution in [0.2, 0.25) is 0 Å². The zero-order valence-electron chi connectivity index (χ0n) is 14.3. The number of carbonyl (C=O) groups excluding carboxylic acids is 1. The third kappa shape index (κ3) is 3.24. The Morgan fingerprint density at radius 3 is 2.80 bits per heavy atom. The number of piperidine rings is 1. The summed E-state index contributed by atoms with van der Waals surface area (Å²) in [5, 5.41) is 13.5. The zero-order chi connectivity index (χ0) is 17.3. The lowest BCUT2D eigenvalue weighted by Gasteiger charge is -2.23. The molecular weight excluding hydrogens is 318 g/mol. The van der Waals surface area contributed by atoms with Gasteiger partial charge in [-0.25, -0.2) is 4.98 Å². The van der Waals surface area contributed by atoms with E-state index in [1.165, 1.54) is 0 Å². The van der Waals surface area contributed by atoms with Crippen molar-refractivity contribution in [3.63, 3.8) is 0 Å². The molecule has 2 aromatic rings. The second kappa shape index (κ2) is 6.48. The molecule has 1 aromatic carbocycles. The fraction of sp³-hybridized carbons (Fsp3) is 0.500. The molecule has 7 nitrogen and oxygen atoms in total. The van der Waals surface area contributed by atoms with Gasteiger partial charge in [0.05, 0.1) is 13.7 Å². The molecule has 0 radical (unpaired) electrons. The van der Waals surface area contributed by atoms with Gasteiger partial charge in [-0.05, 0) is 62.0 Å². The van der Waals surface area contributed by atoms with E-state index in [1.54, 1.807) is 7.11 Å². The molecule has 7 heteroatoms. The molecule has 1 unspecified atom stereocenters. The number of hydrogen-bond acceptors (Lipinski definition) is 5. The molecule has 0 bridgehead atoms. The molecule has 1 aliphatic heterocycles. The summed E-state index contributed by atoms with van der Waals surface area (Å²) in [6, 6.07) is 7.57. The molecule has 1 aliphatic carbocycles. The fourth-order valence-corrected chi connectivity index (χ4v) is 3.73. The number of amides is 1. The molecule has 132 valence electrons. The average Bonchev–Trinajstić information content (AvgIpc) is 3.14. The summed E-state index contributed by atoms with van der Waals surface area (Å²) in [6.45, 7) is 2.43. The van der Waals surface area contributed by atoms with Crippen molar-refractivity contribution in [3.8, 4) is 17.1 Å². The van der Waals surface area contributed by atoms with E-state index in [-0.39, 0.29) is 17.2 Å². The molecule has 2 fully saturated rings. The topological polar surface area (TPSA) is 91.9 Å². The fourth-order valence-electron chi connectivity index (χ4n) is 3.73. The lowest BCUT2D eigenvalue weighted by molar-refractivity contribution is -0.123. The van der Waals surface area contributed by atoms with Gasteiger partial charge in [-0.15, -0.1) is 0 Å². The predicted molar refractivity (Wildman–Crippen MR) is 92.9 cm³/mol. The van der Waals surface area contributed by atoms with Crippen LogP contribution in [0.15, 0.2) is 24.3 Å². The number of hydrogen-bond donors (Lipinski definition) is 3. The van der Waals surface area contributed by atoms with E-state index in [9.17, 15) is 4.79 Å². The molecule has 1 saturated carbocycles. The molecule has 2 heterocycles. The van der Waals surface area contributed by atoms with Crippen molar-refractivity contribution >= 4 is 5.91 Å². The van der Waals surface area contributed by atoms with E-state index in [1.807, 2.05) is 24.3 Å². The van der Waals surface area contributed by atoms with Gasteiger partial charge in [-0.3, -0.25) is 9.89 Å². The van der Waals surface area contributed by atoms with Crippen LogP contribution in [0.3, 0.4) is 0 Å². The third-order valence-electron chi connectivity index (χ3n) is 5.42. The first kappa shape index (κ1) is 16.1. The summed E-state index contributed by atoms with van der Waals surface area (Å²) >= 11 is 0. The zero-order valence-corrected chi connectivity index (χ0v) is 14.3. The Morgan fingerprint density at radius 1 is 1.32 bits per heavy atom. The minimum absolute atomic E-state index is 0.143. The minimum Gasteiger partial charge on any atom is -0.497 e. The lowest BCUT2D eigenvalue weighted by atomic mass is 9.92. The maximum absolute atomic E-state index is 12.4. The van der Waals surface area contributed by atoms with Crippen LogP contribution < -0.4 is 15.4 Å². The number of nitrogens with one attached hydrogen (secondary N) is 3. The van der Waals surface area contributed by atoms with Crippen LogP contribution in [0.4, 0.5) is 0 Å². The van der Waals surface area contributed by atoms with Gasteiger partial charge in [-0.1, -0.05) is 0 Å². The van der Waals surface area contributed by atoms with Crippen LogP contribution in [0.25, 0.3) is 11.4 Å². The van der Waals surface area contributed by atoms with Crippen molar-refractivity contribution in [2.24, 2.45) is 11.3 Å². The molecule has 1 saturated heterocycles. The van der Waals surface area contributed by atoms with Crippen molar-refractivity contribution in [2.75, 3.05) is 20.2 Å². The predicted octanol–water partition coefficient (Wildman–Crippen LogP) is 1.49. The highest BCUT2D eigenvalue weighted by Gasteiger charge is 2.57. The standard InChI is InChI=1S/C18H23N5O2/c1-25-13-4-2-12(3-5-13)16-21-15(22-23-16)11-20-17(24)14-10-18(14)6-8-19-9-7-18/h2-5,14,19H,6-11H2,1H3,(H,20,24)(H,21,22,23). The maximum atomic E-state index is 12.4. The van der Waals surface area contributed by atoms with E-state index in [4.69, 9.17) is 4.74 Å². The molecule has 3 N–H and O–H groups in total. The Bertz CT molecular complexity index is 749. The molecule has 25 heavy (non-hydrogen) atoms. The van der Waals surface area contributed by atoms with Gasteiger partial charge < -0.3 is 15.4 Å². The quantitative estimate of drug-likeness (QED) is 0.766. The summed E-state index contributed by atoms with van der Waals surface area (Å²) in [5.74, 6) is 2.39. The number of H-pyrrole nitrogens is 1. The van der Waals surface area contributed by atoms with E-state index in [2.05, 4.69) is 25.8 Å². The number of aromatic nitrogens is 3. The van der Waals surface area contributed by atoms with Gasteiger partial charge in [0.25, 0.3) is 0 Å². The summed E-state index contributed by atoms with van der Waals surface area (Å²) in [4.78, 5) is 16.9. The van der Waals surface area contributed by atoms with Crippen molar-refractivity contribution in [2.45, 2.75) is 25.8 Å². The number of nitrogens with zero attached hydrogens (tertiary/aromatic N) is 2. The van der Waals surface area contributed by atoms with E-state index in [0.717, 1.165) is 43.7 Å². The minimum atomic E-state index is 0.143. The number of aromatic amines is 1. The number of carbonyl (C=O) groups is 1. The van der Waals surface area contributed by atoms with Crippen molar-refractivity contribution < 1.29 is 9.53 Å². The van der Waals surface area contributed by atoms with E-state index < -0.39 is 0 Å². The number of ether oxygens (including phenoxy) is 1. The van der Waals surface area contributed by atoms with Crippen LogP contribution in [-0.4, -0.2) is 41.3 Å². The molecule has 1 aromatic heterocycles. The third-order valence-corrected chi connectivity index (χ3v) is 5.42. The van der Waals surface area contributed by atoms with Gasteiger partial charge in [0.15, 0.2) is 5.82 Å².